The van der Waals surface area contributed by atoms with Crippen molar-refractivity contribution in [3.8, 4) is 0 Å². The van der Waals surface area contributed by atoms with E-state index < -0.39 is 0 Å². The Balaban J connectivity index is 1.52. The fourth-order valence-corrected chi connectivity index (χ4v) is 3.69. The minimum Gasteiger partial charge on any atom is -0.393 e. The van der Waals surface area contributed by atoms with Crippen LogP contribution in [0.3, 0.4) is 0 Å². The van der Waals surface area contributed by atoms with Gasteiger partial charge < -0.3 is 15.0 Å². The van der Waals surface area contributed by atoms with Gasteiger partial charge in [-0.3, -0.25) is 4.79 Å². The van der Waals surface area contributed by atoms with Gasteiger partial charge in [0.15, 0.2) is 0 Å². The van der Waals surface area contributed by atoms with Gasteiger partial charge in [-0.05, 0) is 48.9 Å². The maximum absolute atomic E-state index is 12.8. The summed E-state index contributed by atoms with van der Waals surface area (Å²) in [6, 6.07) is 15.8. The molecule has 134 valence electrons. The normalized spacial score (nSPS) is 20.5. The van der Waals surface area contributed by atoms with Gasteiger partial charge in [0.25, 0.3) is 5.91 Å². The fraction of sp³-hybridized carbons (Fsp3) is 0.333. The second-order valence-corrected chi connectivity index (χ2v) is 7.21. The predicted octanol–water partition coefficient (Wildman–Crippen LogP) is 2.69. The summed E-state index contributed by atoms with van der Waals surface area (Å²) in [5.74, 6) is 0.229. The zero-order chi connectivity index (χ0) is 18.1. The number of benzene rings is 2. The van der Waals surface area contributed by atoms with Crippen LogP contribution in [0, 0.1) is 5.92 Å². The van der Waals surface area contributed by atoms with E-state index in [4.69, 9.17) is 0 Å². The molecule has 1 fully saturated rings. The first-order valence-electron chi connectivity index (χ1n) is 9.04. The number of hydrogen-bond donors (Lipinski definition) is 2. The van der Waals surface area contributed by atoms with Crippen LogP contribution in [-0.2, 0) is 13.5 Å². The Labute approximate surface area is 152 Å². The summed E-state index contributed by atoms with van der Waals surface area (Å²) in [5.41, 5.74) is 3.64. The van der Waals surface area contributed by atoms with E-state index in [0.29, 0.717) is 11.5 Å². The van der Waals surface area contributed by atoms with Crippen molar-refractivity contribution in [2.24, 2.45) is 13.0 Å². The van der Waals surface area contributed by atoms with Crippen LogP contribution in [0.1, 0.15) is 28.8 Å². The first kappa shape index (κ1) is 16.8. The smallest absolute Gasteiger partial charge is 0.251 e. The molecular weight excluding hydrogens is 326 g/mol. The summed E-state index contributed by atoms with van der Waals surface area (Å²) in [7, 11) is 1.94. The Morgan fingerprint density at radius 2 is 2.04 bits per heavy atom. The van der Waals surface area contributed by atoms with Gasteiger partial charge in [-0.25, -0.2) is 4.98 Å². The van der Waals surface area contributed by atoms with Crippen LogP contribution in [-0.4, -0.2) is 32.7 Å². The number of rotatable bonds is 5. The number of carbonyl (C=O) groups excluding carboxylic acids is 1. The number of amides is 1. The summed E-state index contributed by atoms with van der Waals surface area (Å²) in [6.07, 6.45) is 3.78. The number of aromatic nitrogens is 2. The second-order valence-electron chi connectivity index (χ2n) is 7.21. The van der Waals surface area contributed by atoms with E-state index in [9.17, 15) is 9.90 Å². The van der Waals surface area contributed by atoms with Gasteiger partial charge in [0, 0.05) is 18.7 Å². The number of nitrogens with zero attached hydrogens (tertiary/aromatic N) is 2. The molecule has 0 bridgehead atoms. The highest BCUT2D eigenvalue weighted by molar-refractivity contribution is 5.97. The molecule has 1 heterocycles. The monoisotopic (exact) mass is 349 g/mol. The van der Waals surface area contributed by atoms with E-state index in [0.717, 1.165) is 30.3 Å². The molecule has 0 saturated heterocycles. The van der Waals surface area contributed by atoms with Crippen LogP contribution in [0.2, 0.25) is 0 Å². The number of imidazole rings is 1. The molecule has 1 aliphatic carbocycles. The average Bonchev–Trinajstić information content (AvgIpc) is 3.00. The molecule has 5 heteroatoms. The lowest BCUT2D eigenvalue weighted by Gasteiger charge is -2.38. The lowest BCUT2D eigenvalue weighted by atomic mass is 9.75. The van der Waals surface area contributed by atoms with Gasteiger partial charge in [0.1, 0.15) is 0 Å². The standard InChI is InChI=1S/C21H23N3O2/c1-24-13-22-19-12-15(7-8-20(19)24)21(26)23-18(16-10-17(25)11-16)9-14-5-3-2-4-6-14/h2-8,12-13,16-18,25H,9-11H2,1H3,(H,23,26). The molecule has 5 nitrogen and oxygen atoms in total. The average molecular weight is 349 g/mol. The van der Waals surface area contributed by atoms with E-state index >= 15 is 0 Å². The maximum atomic E-state index is 12.8. The van der Waals surface area contributed by atoms with Crippen molar-refractivity contribution in [3.63, 3.8) is 0 Å². The van der Waals surface area contributed by atoms with Gasteiger partial charge in [-0.15, -0.1) is 0 Å². The van der Waals surface area contributed by atoms with Crippen molar-refractivity contribution in [2.45, 2.75) is 31.4 Å². The van der Waals surface area contributed by atoms with E-state index in [1.807, 2.05) is 48.0 Å². The number of aliphatic hydroxyl groups excluding tert-OH is 1. The number of nitrogens with one attached hydrogen (secondary N) is 1. The van der Waals surface area contributed by atoms with Gasteiger partial charge in [-0.2, -0.15) is 0 Å². The van der Waals surface area contributed by atoms with Crippen LogP contribution >= 0.6 is 0 Å². The molecule has 3 aromatic rings. The van der Waals surface area contributed by atoms with Crippen LogP contribution < -0.4 is 5.32 Å². The van der Waals surface area contributed by atoms with E-state index in [1.54, 1.807) is 6.33 Å². The topological polar surface area (TPSA) is 67.2 Å². The first-order valence-corrected chi connectivity index (χ1v) is 9.04. The molecule has 0 aliphatic heterocycles. The Bertz CT molecular complexity index is 913. The minimum absolute atomic E-state index is 0.0210. The first-order chi connectivity index (χ1) is 12.6. The maximum Gasteiger partial charge on any atom is 0.251 e. The zero-order valence-corrected chi connectivity index (χ0v) is 14.8. The third-order valence-corrected chi connectivity index (χ3v) is 5.32. The van der Waals surface area contributed by atoms with Gasteiger partial charge in [0.05, 0.1) is 23.5 Å². The van der Waals surface area contributed by atoms with Crippen molar-refractivity contribution in [1.29, 1.82) is 0 Å². The summed E-state index contributed by atoms with van der Waals surface area (Å²) >= 11 is 0. The molecule has 2 N–H and O–H groups in total. The van der Waals surface area contributed by atoms with Crippen molar-refractivity contribution >= 4 is 16.9 Å². The number of aliphatic hydroxyl groups is 1. The van der Waals surface area contributed by atoms with Crippen molar-refractivity contribution in [1.82, 2.24) is 14.9 Å². The SMILES string of the molecule is Cn1cnc2cc(C(=O)NC(Cc3ccccc3)C3CC(O)C3)ccc21. The quantitative estimate of drug-likeness (QED) is 0.744. The van der Waals surface area contributed by atoms with E-state index in [2.05, 4.69) is 22.4 Å². The molecule has 1 aliphatic rings. The molecular formula is C21H23N3O2. The van der Waals surface area contributed by atoms with E-state index in [1.165, 1.54) is 5.56 Å². The summed E-state index contributed by atoms with van der Waals surface area (Å²) in [5, 5.41) is 12.9. The molecule has 26 heavy (non-hydrogen) atoms. The molecule has 0 spiro atoms. The van der Waals surface area contributed by atoms with Crippen LogP contribution in [0.4, 0.5) is 0 Å². The number of fused-ring (bicyclic) bond motifs is 1. The number of carbonyl (C=O) groups is 1. The third-order valence-electron chi connectivity index (χ3n) is 5.32. The Hall–Kier alpha value is -2.66. The van der Waals surface area contributed by atoms with Gasteiger partial charge in [0.2, 0.25) is 0 Å². The fourth-order valence-electron chi connectivity index (χ4n) is 3.69. The Morgan fingerprint density at radius 3 is 2.77 bits per heavy atom. The summed E-state index contributed by atoms with van der Waals surface area (Å²) < 4.78 is 1.94. The molecule has 2 aromatic carbocycles. The minimum atomic E-state index is -0.236. The predicted molar refractivity (Wildman–Crippen MR) is 101 cm³/mol. The highest BCUT2D eigenvalue weighted by Crippen LogP contribution is 2.32. The molecule has 1 unspecified atom stereocenters. The number of hydrogen-bond acceptors (Lipinski definition) is 3. The molecule has 4 rings (SSSR count). The molecule has 1 saturated carbocycles. The zero-order valence-electron chi connectivity index (χ0n) is 14.8. The van der Waals surface area contributed by atoms with Crippen LogP contribution in [0.5, 0.6) is 0 Å². The highest BCUT2D eigenvalue weighted by Gasteiger charge is 2.34. The molecule has 0 radical (unpaired) electrons. The largest absolute Gasteiger partial charge is 0.393 e. The van der Waals surface area contributed by atoms with Crippen molar-refractivity contribution in [3.05, 3.63) is 66.0 Å². The summed E-state index contributed by atoms with van der Waals surface area (Å²) in [6.45, 7) is 0. The lowest BCUT2D eigenvalue weighted by Crippen LogP contribution is -2.48. The van der Waals surface area contributed by atoms with Gasteiger partial charge >= 0.3 is 0 Å². The van der Waals surface area contributed by atoms with Crippen molar-refractivity contribution < 1.29 is 9.90 Å². The molecule has 1 atom stereocenters. The van der Waals surface area contributed by atoms with Crippen LogP contribution in [0.25, 0.3) is 11.0 Å². The Morgan fingerprint density at radius 1 is 1.27 bits per heavy atom. The lowest BCUT2D eigenvalue weighted by molar-refractivity contribution is 0.0239. The van der Waals surface area contributed by atoms with Crippen molar-refractivity contribution in [2.75, 3.05) is 0 Å². The summed E-state index contributed by atoms with van der Waals surface area (Å²) in [4.78, 5) is 17.1. The molecule has 1 aromatic heterocycles. The van der Waals surface area contributed by atoms with Crippen LogP contribution in [0.15, 0.2) is 54.9 Å². The van der Waals surface area contributed by atoms with Gasteiger partial charge in [-0.1, -0.05) is 30.3 Å². The Kier molecular flexibility index (Phi) is 4.47. The van der Waals surface area contributed by atoms with E-state index in [-0.39, 0.29) is 18.1 Å². The third kappa shape index (κ3) is 3.35. The number of aryl methyl sites for hydroxylation is 1. The second kappa shape index (κ2) is 6.92. The highest BCUT2D eigenvalue weighted by atomic mass is 16.3. The molecule has 1 amide bonds.